The van der Waals surface area contributed by atoms with Gasteiger partial charge in [0.1, 0.15) is 0 Å². The minimum Gasteiger partial charge on any atom is -0.317 e. The van der Waals surface area contributed by atoms with Crippen molar-refractivity contribution in [3.8, 4) is 0 Å². The summed E-state index contributed by atoms with van der Waals surface area (Å²) in [6.07, 6.45) is 9.90. The fourth-order valence-corrected chi connectivity index (χ4v) is 4.87. The Morgan fingerprint density at radius 1 is 0.875 bits per heavy atom. The van der Waals surface area contributed by atoms with Crippen molar-refractivity contribution in [2.75, 3.05) is 19.6 Å². The van der Waals surface area contributed by atoms with Gasteiger partial charge in [-0.05, 0) is 74.6 Å². The number of benzene rings is 1. The molecule has 2 heterocycles. The monoisotopic (exact) mass is 392 g/mol. The molecular formula is C19H31Cl3N2. The lowest BCUT2D eigenvalue weighted by atomic mass is 9.67. The third-order valence-corrected chi connectivity index (χ3v) is 6.36. The standard InChI is InChI=1S/C19H28N2.3ClH/c1-2-4-17-15-21(14-7-16(17)3-1)18-5-8-19(9-6-18)10-12-20-13-11-19;;;/h1-4,18,20H,5-15H2;3*1H. The number of halogens is 3. The molecule has 0 amide bonds. The molecule has 138 valence electrons. The molecule has 0 bridgehead atoms. The van der Waals surface area contributed by atoms with Crippen molar-refractivity contribution in [3.05, 3.63) is 35.4 Å². The highest BCUT2D eigenvalue weighted by Gasteiger charge is 2.38. The molecule has 1 aromatic carbocycles. The second-order valence-corrected chi connectivity index (χ2v) is 7.47. The van der Waals surface area contributed by atoms with E-state index in [9.17, 15) is 0 Å². The van der Waals surface area contributed by atoms with Crippen LogP contribution < -0.4 is 5.32 Å². The molecule has 1 N–H and O–H groups in total. The number of hydrogen-bond donors (Lipinski definition) is 1. The molecule has 3 aliphatic rings. The van der Waals surface area contributed by atoms with Gasteiger partial charge in [0.2, 0.25) is 0 Å². The highest BCUT2D eigenvalue weighted by molar-refractivity contribution is 5.86. The van der Waals surface area contributed by atoms with Gasteiger partial charge in [-0.15, -0.1) is 37.2 Å². The quantitative estimate of drug-likeness (QED) is 0.748. The van der Waals surface area contributed by atoms with Gasteiger partial charge in [0.25, 0.3) is 0 Å². The average molecular weight is 394 g/mol. The molecular weight excluding hydrogens is 363 g/mol. The number of nitrogens with one attached hydrogen (secondary N) is 1. The zero-order chi connectivity index (χ0) is 14.1. The van der Waals surface area contributed by atoms with Crippen LogP contribution in [0.3, 0.4) is 0 Å². The van der Waals surface area contributed by atoms with E-state index >= 15 is 0 Å². The Morgan fingerprint density at radius 3 is 2.17 bits per heavy atom. The predicted molar refractivity (Wildman–Crippen MR) is 109 cm³/mol. The van der Waals surface area contributed by atoms with Crippen LogP contribution in [0.2, 0.25) is 0 Å². The van der Waals surface area contributed by atoms with Crippen LogP contribution in [-0.2, 0) is 13.0 Å². The summed E-state index contributed by atoms with van der Waals surface area (Å²) >= 11 is 0. The Kier molecular flexibility index (Phi) is 8.85. The van der Waals surface area contributed by atoms with E-state index in [1.54, 1.807) is 11.1 Å². The lowest BCUT2D eigenvalue weighted by molar-refractivity contribution is 0.0591. The van der Waals surface area contributed by atoms with Gasteiger partial charge >= 0.3 is 0 Å². The maximum Gasteiger partial charge on any atom is 0.0239 e. The van der Waals surface area contributed by atoms with Crippen molar-refractivity contribution in [2.45, 2.75) is 57.5 Å². The van der Waals surface area contributed by atoms with Crippen LogP contribution in [0.4, 0.5) is 0 Å². The topological polar surface area (TPSA) is 15.3 Å². The van der Waals surface area contributed by atoms with E-state index in [0.29, 0.717) is 5.41 Å². The van der Waals surface area contributed by atoms with Gasteiger partial charge in [-0.2, -0.15) is 0 Å². The van der Waals surface area contributed by atoms with E-state index in [-0.39, 0.29) is 37.2 Å². The normalized spacial score (nSPS) is 23.3. The Morgan fingerprint density at radius 2 is 1.50 bits per heavy atom. The minimum absolute atomic E-state index is 0. The van der Waals surface area contributed by atoms with E-state index in [1.165, 1.54) is 71.1 Å². The van der Waals surface area contributed by atoms with Crippen LogP contribution in [0.1, 0.15) is 49.7 Å². The molecule has 2 aliphatic heterocycles. The molecule has 0 atom stereocenters. The molecule has 5 heteroatoms. The number of fused-ring (bicyclic) bond motifs is 1. The minimum atomic E-state index is 0. The van der Waals surface area contributed by atoms with Gasteiger partial charge in [-0.3, -0.25) is 4.90 Å². The van der Waals surface area contributed by atoms with Gasteiger partial charge in [0.05, 0.1) is 0 Å². The van der Waals surface area contributed by atoms with Crippen LogP contribution in [0.5, 0.6) is 0 Å². The Labute approximate surface area is 165 Å². The third-order valence-electron chi connectivity index (χ3n) is 6.36. The summed E-state index contributed by atoms with van der Waals surface area (Å²) in [6.45, 7) is 4.97. The van der Waals surface area contributed by atoms with E-state index in [4.69, 9.17) is 0 Å². The fourth-order valence-electron chi connectivity index (χ4n) is 4.87. The summed E-state index contributed by atoms with van der Waals surface area (Å²) in [5.74, 6) is 0. The van der Waals surface area contributed by atoms with Gasteiger partial charge in [-0.1, -0.05) is 24.3 Å². The number of hydrogen-bond acceptors (Lipinski definition) is 2. The average Bonchev–Trinajstić information content (AvgIpc) is 2.56. The molecule has 1 spiro atoms. The molecule has 0 unspecified atom stereocenters. The fraction of sp³-hybridized carbons (Fsp3) is 0.684. The second-order valence-electron chi connectivity index (χ2n) is 7.47. The zero-order valence-electron chi connectivity index (χ0n) is 14.3. The largest absolute Gasteiger partial charge is 0.317 e. The first kappa shape index (κ1) is 22.1. The number of piperidine rings is 1. The van der Waals surface area contributed by atoms with Gasteiger partial charge in [-0.25, -0.2) is 0 Å². The summed E-state index contributed by atoms with van der Waals surface area (Å²) < 4.78 is 0. The Bertz CT molecular complexity index is 493. The SMILES string of the molecule is Cl.Cl.Cl.c1ccc2c(c1)CCN(C1CCC3(CCNCC3)CC1)C2. The molecule has 24 heavy (non-hydrogen) atoms. The smallest absolute Gasteiger partial charge is 0.0239 e. The highest BCUT2D eigenvalue weighted by atomic mass is 35.5. The number of rotatable bonds is 1. The molecule has 0 radical (unpaired) electrons. The molecule has 4 rings (SSSR count). The van der Waals surface area contributed by atoms with Gasteiger partial charge < -0.3 is 5.32 Å². The Hall–Kier alpha value is 0.01000. The molecule has 1 saturated carbocycles. The molecule has 1 aliphatic carbocycles. The van der Waals surface area contributed by atoms with Crippen molar-refractivity contribution >= 4 is 37.2 Å². The first-order chi connectivity index (χ1) is 10.3. The summed E-state index contributed by atoms with van der Waals surface area (Å²) in [6, 6.07) is 9.89. The maximum atomic E-state index is 3.53. The van der Waals surface area contributed by atoms with Crippen molar-refractivity contribution < 1.29 is 0 Å². The van der Waals surface area contributed by atoms with E-state index in [2.05, 4.69) is 34.5 Å². The summed E-state index contributed by atoms with van der Waals surface area (Å²) in [5, 5.41) is 3.53. The van der Waals surface area contributed by atoms with Gasteiger partial charge in [0, 0.05) is 19.1 Å². The molecule has 2 nitrogen and oxygen atoms in total. The Balaban J connectivity index is 0.000000960. The summed E-state index contributed by atoms with van der Waals surface area (Å²) in [7, 11) is 0. The van der Waals surface area contributed by atoms with Crippen LogP contribution in [0.15, 0.2) is 24.3 Å². The molecule has 1 saturated heterocycles. The highest BCUT2D eigenvalue weighted by Crippen LogP contribution is 2.44. The first-order valence-electron chi connectivity index (χ1n) is 8.86. The van der Waals surface area contributed by atoms with Crippen molar-refractivity contribution in [2.24, 2.45) is 5.41 Å². The van der Waals surface area contributed by atoms with Crippen LogP contribution in [-0.4, -0.2) is 30.6 Å². The van der Waals surface area contributed by atoms with Crippen molar-refractivity contribution in [3.63, 3.8) is 0 Å². The third kappa shape index (κ3) is 4.59. The summed E-state index contributed by atoms with van der Waals surface area (Å²) in [5.41, 5.74) is 3.86. The van der Waals surface area contributed by atoms with Crippen LogP contribution in [0.25, 0.3) is 0 Å². The van der Waals surface area contributed by atoms with Gasteiger partial charge in [0.15, 0.2) is 0 Å². The van der Waals surface area contributed by atoms with Crippen molar-refractivity contribution in [1.29, 1.82) is 0 Å². The van der Waals surface area contributed by atoms with E-state index < -0.39 is 0 Å². The zero-order valence-corrected chi connectivity index (χ0v) is 16.8. The first-order valence-corrected chi connectivity index (χ1v) is 8.86. The number of nitrogens with zero attached hydrogens (tertiary/aromatic N) is 1. The lowest BCUT2D eigenvalue weighted by Crippen LogP contribution is -2.46. The van der Waals surface area contributed by atoms with Crippen LogP contribution >= 0.6 is 37.2 Å². The molecule has 0 aromatic heterocycles. The molecule has 1 aromatic rings. The molecule has 2 fully saturated rings. The van der Waals surface area contributed by atoms with E-state index in [1.807, 2.05) is 0 Å². The predicted octanol–water partition coefficient (Wildman–Crippen LogP) is 4.62. The second kappa shape index (κ2) is 9.64. The lowest BCUT2D eigenvalue weighted by Gasteiger charge is -2.46. The van der Waals surface area contributed by atoms with Crippen LogP contribution in [0, 0.1) is 5.41 Å². The van der Waals surface area contributed by atoms with E-state index in [0.717, 1.165) is 6.04 Å². The summed E-state index contributed by atoms with van der Waals surface area (Å²) in [4.78, 5) is 2.77. The maximum absolute atomic E-state index is 3.53. The van der Waals surface area contributed by atoms with Crippen molar-refractivity contribution in [1.82, 2.24) is 10.2 Å².